The topological polar surface area (TPSA) is 57.6 Å². The molecule has 23 heavy (non-hydrogen) atoms. The van der Waals surface area contributed by atoms with Gasteiger partial charge in [-0.25, -0.2) is 0 Å². The quantitative estimate of drug-likeness (QED) is 0.374. The second kappa shape index (κ2) is 14.3. The molecule has 0 aromatic carbocycles. The first-order chi connectivity index (χ1) is 11.1. The number of nitrogens with zero attached hydrogens (tertiary/aromatic N) is 1. The maximum atomic E-state index is 12.4. The first kappa shape index (κ1) is 21.7. The Morgan fingerprint density at radius 3 is 2.09 bits per heavy atom. The number of carbonyl (C=O) groups excluding carboxylic acids is 1. The molecule has 0 rings (SSSR count). The van der Waals surface area contributed by atoms with Crippen LogP contribution in [0, 0.1) is 5.92 Å². The van der Waals surface area contributed by atoms with E-state index in [2.05, 4.69) is 19.1 Å². The summed E-state index contributed by atoms with van der Waals surface area (Å²) in [6, 6.07) is 0. The number of carboxylic acid groups (broad SMARTS) is 1. The van der Waals surface area contributed by atoms with E-state index in [9.17, 15) is 9.59 Å². The van der Waals surface area contributed by atoms with Crippen LogP contribution in [-0.4, -0.2) is 35.0 Å². The molecular formula is C19H35NO3. The number of amides is 1. The smallest absolute Gasteiger partial charge is 0.304 e. The van der Waals surface area contributed by atoms with Gasteiger partial charge in [0.2, 0.25) is 5.91 Å². The molecule has 0 bridgehead atoms. The third kappa shape index (κ3) is 10.9. The van der Waals surface area contributed by atoms with E-state index in [4.69, 9.17) is 5.11 Å². The zero-order valence-corrected chi connectivity index (χ0v) is 15.2. The maximum absolute atomic E-state index is 12.4. The second-order valence-corrected chi connectivity index (χ2v) is 6.06. The van der Waals surface area contributed by atoms with Crippen molar-refractivity contribution in [1.82, 2.24) is 4.90 Å². The van der Waals surface area contributed by atoms with Gasteiger partial charge in [-0.1, -0.05) is 38.3 Å². The van der Waals surface area contributed by atoms with Gasteiger partial charge in [-0.2, -0.15) is 0 Å². The number of hydrogen-bond acceptors (Lipinski definition) is 2. The second-order valence-electron chi connectivity index (χ2n) is 6.06. The van der Waals surface area contributed by atoms with Crippen molar-refractivity contribution in [3.63, 3.8) is 0 Å². The zero-order valence-electron chi connectivity index (χ0n) is 15.2. The van der Waals surface area contributed by atoms with E-state index in [1.165, 1.54) is 25.7 Å². The number of carbonyl (C=O) groups is 2. The molecule has 0 aliphatic rings. The number of rotatable bonds is 14. The molecule has 1 amide bonds. The summed E-state index contributed by atoms with van der Waals surface area (Å²) in [4.78, 5) is 25.1. The highest BCUT2D eigenvalue weighted by Gasteiger charge is 2.24. The Morgan fingerprint density at radius 2 is 1.57 bits per heavy atom. The Labute approximate surface area is 141 Å². The average Bonchev–Trinajstić information content (AvgIpc) is 2.52. The number of unbranched alkanes of at least 4 members (excludes halogenated alkanes) is 5. The highest BCUT2D eigenvalue weighted by Crippen LogP contribution is 2.17. The van der Waals surface area contributed by atoms with Crippen molar-refractivity contribution >= 4 is 11.9 Å². The number of hydrogen-bond donors (Lipinski definition) is 1. The molecule has 4 heteroatoms. The Hall–Kier alpha value is -1.32. The molecule has 0 spiro atoms. The molecule has 1 atom stereocenters. The lowest BCUT2D eigenvalue weighted by Crippen LogP contribution is -2.36. The summed E-state index contributed by atoms with van der Waals surface area (Å²) < 4.78 is 0. The average molecular weight is 325 g/mol. The van der Waals surface area contributed by atoms with Crippen LogP contribution in [0.15, 0.2) is 12.2 Å². The molecule has 0 aliphatic carbocycles. The predicted molar refractivity (Wildman–Crippen MR) is 95.4 cm³/mol. The molecule has 0 fully saturated rings. The Morgan fingerprint density at radius 1 is 0.957 bits per heavy atom. The van der Waals surface area contributed by atoms with Gasteiger partial charge < -0.3 is 10.0 Å². The molecule has 134 valence electrons. The van der Waals surface area contributed by atoms with Crippen molar-refractivity contribution in [2.45, 2.75) is 78.6 Å². The molecule has 0 heterocycles. The van der Waals surface area contributed by atoms with Crippen molar-refractivity contribution in [3.05, 3.63) is 12.2 Å². The van der Waals surface area contributed by atoms with E-state index in [1.54, 1.807) is 4.90 Å². The van der Waals surface area contributed by atoms with Gasteiger partial charge in [0.15, 0.2) is 0 Å². The van der Waals surface area contributed by atoms with Gasteiger partial charge in [-0.15, -0.1) is 0 Å². The van der Waals surface area contributed by atoms with Crippen LogP contribution in [0.25, 0.3) is 0 Å². The molecule has 0 saturated carbocycles. The number of allylic oxidation sites excluding steroid dienone is 2. The van der Waals surface area contributed by atoms with Crippen molar-refractivity contribution in [2.24, 2.45) is 5.92 Å². The SMILES string of the molecule is CCCCCC/C=C/CCCC(CC(=O)O)C(=O)N(CC)CC. The Balaban J connectivity index is 4.13. The summed E-state index contributed by atoms with van der Waals surface area (Å²) >= 11 is 0. The van der Waals surface area contributed by atoms with Gasteiger partial charge in [-0.3, -0.25) is 9.59 Å². The van der Waals surface area contributed by atoms with Gasteiger partial charge in [0.1, 0.15) is 0 Å². The highest BCUT2D eigenvalue weighted by atomic mass is 16.4. The summed E-state index contributed by atoms with van der Waals surface area (Å²) in [5, 5.41) is 9.02. The molecule has 1 N–H and O–H groups in total. The molecule has 4 nitrogen and oxygen atoms in total. The van der Waals surface area contributed by atoms with Crippen LogP contribution in [0.4, 0.5) is 0 Å². The van der Waals surface area contributed by atoms with Crippen LogP contribution in [0.5, 0.6) is 0 Å². The summed E-state index contributed by atoms with van der Waals surface area (Å²) in [7, 11) is 0. The monoisotopic (exact) mass is 325 g/mol. The van der Waals surface area contributed by atoms with Gasteiger partial charge in [0, 0.05) is 19.0 Å². The van der Waals surface area contributed by atoms with Crippen molar-refractivity contribution < 1.29 is 14.7 Å². The fourth-order valence-electron chi connectivity index (χ4n) is 2.72. The molecular weight excluding hydrogens is 290 g/mol. The van der Waals surface area contributed by atoms with Crippen LogP contribution in [0.2, 0.25) is 0 Å². The summed E-state index contributed by atoms with van der Waals surface area (Å²) in [5.74, 6) is -1.28. The third-order valence-corrected chi connectivity index (χ3v) is 4.16. The molecule has 1 unspecified atom stereocenters. The Kier molecular flexibility index (Phi) is 13.5. The maximum Gasteiger partial charge on any atom is 0.304 e. The van der Waals surface area contributed by atoms with Crippen LogP contribution in [0.3, 0.4) is 0 Å². The van der Waals surface area contributed by atoms with Crippen LogP contribution >= 0.6 is 0 Å². The van der Waals surface area contributed by atoms with Gasteiger partial charge >= 0.3 is 5.97 Å². The standard InChI is InChI=1S/C19H35NO3/c1-4-7-8-9-10-11-12-13-14-15-17(16-18(21)22)19(23)20(5-2)6-3/h11-12,17H,4-10,13-16H2,1-3H3,(H,21,22)/b12-11+. The van der Waals surface area contributed by atoms with Crippen molar-refractivity contribution in [1.29, 1.82) is 0 Å². The van der Waals surface area contributed by atoms with Gasteiger partial charge in [0.25, 0.3) is 0 Å². The summed E-state index contributed by atoms with van der Waals surface area (Å²) in [6.07, 6.45) is 13.0. The van der Waals surface area contributed by atoms with E-state index in [1.807, 2.05) is 13.8 Å². The number of aliphatic carboxylic acids is 1. The lowest BCUT2D eigenvalue weighted by atomic mass is 9.96. The Bertz CT molecular complexity index is 349. The molecule has 0 aromatic heterocycles. The van der Waals surface area contributed by atoms with Gasteiger partial charge in [0.05, 0.1) is 6.42 Å². The van der Waals surface area contributed by atoms with E-state index in [0.717, 1.165) is 19.3 Å². The fraction of sp³-hybridized carbons (Fsp3) is 0.789. The van der Waals surface area contributed by atoms with Crippen molar-refractivity contribution in [3.8, 4) is 0 Å². The minimum Gasteiger partial charge on any atom is -0.481 e. The summed E-state index contributed by atoms with van der Waals surface area (Å²) in [5.41, 5.74) is 0. The highest BCUT2D eigenvalue weighted by molar-refractivity contribution is 5.83. The van der Waals surface area contributed by atoms with Gasteiger partial charge in [-0.05, 0) is 46.0 Å². The fourth-order valence-corrected chi connectivity index (χ4v) is 2.72. The minimum atomic E-state index is -0.887. The van der Waals surface area contributed by atoms with Crippen LogP contribution in [-0.2, 0) is 9.59 Å². The molecule has 0 saturated heterocycles. The first-order valence-corrected chi connectivity index (χ1v) is 9.22. The van der Waals surface area contributed by atoms with Crippen molar-refractivity contribution in [2.75, 3.05) is 13.1 Å². The van der Waals surface area contributed by atoms with Crippen LogP contribution < -0.4 is 0 Å². The summed E-state index contributed by atoms with van der Waals surface area (Å²) in [6.45, 7) is 7.36. The van der Waals surface area contributed by atoms with E-state index in [0.29, 0.717) is 19.5 Å². The van der Waals surface area contributed by atoms with E-state index >= 15 is 0 Å². The molecule has 0 aromatic rings. The molecule has 0 aliphatic heterocycles. The lowest BCUT2D eigenvalue weighted by molar-refractivity contribution is -0.144. The lowest BCUT2D eigenvalue weighted by Gasteiger charge is -2.24. The number of carboxylic acids is 1. The molecule has 0 radical (unpaired) electrons. The third-order valence-electron chi connectivity index (χ3n) is 4.16. The van der Waals surface area contributed by atoms with E-state index < -0.39 is 5.97 Å². The minimum absolute atomic E-state index is 0.0130. The zero-order chi connectivity index (χ0) is 17.5. The predicted octanol–water partition coefficient (Wildman–Crippen LogP) is 4.64. The first-order valence-electron chi connectivity index (χ1n) is 9.22. The van der Waals surface area contributed by atoms with Crippen LogP contribution in [0.1, 0.15) is 78.6 Å². The normalized spacial score (nSPS) is 12.5. The largest absolute Gasteiger partial charge is 0.481 e. The van der Waals surface area contributed by atoms with E-state index in [-0.39, 0.29) is 18.2 Å².